The lowest BCUT2D eigenvalue weighted by Gasteiger charge is -2.30. The summed E-state index contributed by atoms with van der Waals surface area (Å²) in [6.07, 6.45) is 2.31. The number of benzene rings is 1. The minimum absolute atomic E-state index is 0.191. The number of nitrogens with zero attached hydrogens (tertiary/aromatic N) is 4. The average molecular weight is 389 g/mol. The first-order valence-corrected chi connectivity index (χ1v) is 10.5. The number of aromatic nitrogens is 3. The number of rotatable bonds is 6. The van der Waals surface area contributed by atoms with Crippen molar-refractivity contribution in [2.75, 3.05) is 26.0 Å². The second-order valence-corrected chi connectivity index (χ2v) is 8.32. The Morgan fingerprint density at radius 3 is 2.67 bits per heavy atom. The van der Waals surface area contributed by atoms with E-state index in [4.69, 9.17) is 4.74 Å². The monoisotopic (exact) mass is 388 g/mol. The van der Waals surface area contributed by atoms with Crippen molar-refractivity contribution < 1.29 is 9.53 Å². The van der Waals surface area contributed by atoms with Crippen LogP contribution in [0.5, 0.6) is 5.75 Å². The molecule has 0 N–H and O–H groups in total. The number of carbonyl (C=O) groups excluding carboxylic acids is 1. The highest BCUT2D eigenvalue weighted by molar-refractivity contribution is 7.99. The predicted molar refractivity (Wildman–Crippen MR) is 108 cm³/mol. The summed E-state index contributed by atoms with van der Waals surface area (Å²) in [7, 11) is 1.65. The minimum Gasteiger partial charge on any atom is -0.497 e. The number of hydrogen-bond acceptors (Lipinski definition) is 5. The molecule has 27 heavy (non-hydrogen) atoms. The van der Waals surface area contributed by atoms with Gasteiger partial charge in [-0.2, -0.15) is 0 Å². The zero-order valence-electron chi connectivity index (χ0n) is 16.5. The average Bonchev–Trinajstić information content (AvgIpc) is 3.10. The van der Waals surface area contributed by atoms with Gasteiger partial charge in [0.05, 0.1) is 12.9 Å². The second-order valence-electron chi connectivity index (χ2n) is 7.37. The van der Waals surface area contributed by atoms with Crippen LogP contribution in [-0.4, -0.2) is 51.5 Å². The predicted octanol–water partition coefficient (Wildman–Crippen LogP) is 3.89. The van der Waals surface area contributed by atoms with E-state index in [0.29, 0.717) is 11.7 Å². The van der Waals surface area contributed by atoms with Gasteiger partial charge in [0.15, 0.2) is 11.0 Å². The number of ether oxygens (including phenoxy) is 1. The zero-order chi connectivity index (χ0) is 19.4. The Bertz CT molecular complexity index is 773. The topological polar surface area (TPSA) is 60.3 Å². The maximum Gasteiger partial charge on any atom is 0.233 e. The number of methoxy groups -OCH3 is 1. The molecule has 3 rings (SSSR count). The van der Waals surface area contributed by atoms with Gasteiger partial charge in [-0.25, -0.2) is 0 Å². The van der Waals surface area contributed by atoms with Crippen LogP contribution in [0.2, 0.25) is 0 Å². The van der Waals surface area contributed by atoms with Crippen LogP contribution in [0.25, 0.3) is 11.4 Å². The van der Waals surface area contributed by atoms with E-state index >= 15 is 0 Å². The summed E-state index contributed by atoms with van der Waals surface area (Å²) >= 11 is 1.47. The number of amides is 1. The van der Waals surface area contributed by atoms with Crippen molar-refractivity contribution in [3.05, 3.63) is 24.3 Å². The van der Waals surface area contributed by atoms with Crippen molar-refractivity contribution in [2.45, 2.75) is 44.8 Å². The summed E-state index contributed by atoms with van der Waals surface area (Å²) in [6.45, 7) is 8.16. The number of likely N-dealkylation sites (tertiary alicyclic amines) is 1. The molecule has 1 atom stereocenters. The molecule has 0 radical (unpaired) electrons. The molecule has 6 nitrogen and oxygen atoms in total. The smallest absolute Gasteiger partial charge is 0.233 e. The standard InChI is InChI=1S/C20H28N4O2S/c1-14(2)24-19(16-7-9-17(26-4)10-8-16)21-22-20(24)27-13-18(25)23-11-5-6-15(3)12-23/h7-10,14-15H,5-6,11-13H2,1-4H3/t15-/m1/s1. The molecule has 7 heteroatoms. The molecule has 1 aromatic carbocycles. The van der Waals surface area contributed by atoms with Crippen molar-refractivity contribution in [2.24, 2.45) is 5.92 Å². The van der Waals surface area contributed by atoms with E-state index in [-0.39, 0.29) is 11.9 Å². The first-order valence-electron chi connectivity index (χ1n) is 9.49. The van der Waals surface area contributed by atoms with Crippen molar-refractivity contribution in [3.63, 3.8) is 0 Å². The van der Waals surface area contributed by atoms with Crippen LogP contribution in [0.1, 0.15) is 39.7 Å². The van der Waals surface area contributed by atoms with Crippen LogP contribution in [0.4, 0.5) is 0 Å². The molecule has 2 heterocycles. The Hall–Kier alpha value is -2.02. The van der Waals surface area contributed by atoms with E-state index in [1.807, 2.05) is 29.2 Å². The molecule has 146 valence electrons. The Balaban J connectivity index is 1.73. The van der Waals surface area contributed by atoms with Gasteiger partial charge in [0.1, 0.15) is 5.75 Å². The van der Waals surface area contributed by atoms with Crippen molar-refractivity contribution >= 4 is 17.7 Å². The third-order valence-electron chi connectivity index (χ3n) is 4.86. The Morgan fingerprint density at radius 2 is 2.04 bits per heavy atom. The molecule has 0 bridgehead atoms. The van der Waals surface area contributed by atoms with Crippen LogP contribution in [0, 0.1) is 5.92 Å². The summed E-state index contributed by atoms with van der Waals surface area (Å²) in [6, 6.07) is 8.00. The van der Waals surface area contributed by atoms with E-state index in [0.717, 1.165) is 41.8 Å². The van der Waals surface area contributed by atoms with E-state index in [2.05, 4.69) is 35.5 Å². The minimum atomic E-state index is 0.191. The quantitative estimate of drug-likeness (QED) is 0.703. The molecule has 1 aliphatic rings. The highest BCUT2D eigenvalue weighted by Gasteiger charge is 2.23. The van der Waals surface area contributed by atoms with E-state index in [9.17, 15) is 4.79 Å². The summed E-state index contributed by atoms with van der Waals surface area (Å²) in [5, 5.41) is 9.54. The van der Waals surface area contributed by atoms with Gasteiger partial charge in [-0.05, 0) is 56.9 Å². The lowest BCUT2D eigenvalue weighted by molar-refractivity contribution is -0.130. The molecular formula is C20H28N4O2S. The van der Waals surface area contributed by atoms with Crippen LogP contribution >= 0.6 is 11.8 Å². The normalized spacial score (nSPS) is 17.4. The first-order chi connectivity index (χ1) is 13.0. The van der Waals surface area contributed by atoms with Gasteiger partial charge in [-0.3, -0.25) is 9.36 Å². The Labute approximate surface area is 165 Å². The maximum atomic E-state index is 12.6. The van der Waals surface area contributed by atoms with E-state index in [1.165, 1.54) is 18.2 Å². The SMILES string of the molecule is COc1ccc(-c2nnc(SCC(=O)N3CCC[C@@H](C)C3)n2C(C)C)cc1. The molecule has 1 aromatic heterocycles. The zero-order valence-corrected chi connectivity index (χ0v) is 17.3. The summed E-state index contributed by atoms with van der Waals surface area (Å²) in [4.78, 5) is 14.6. The molecule has 1 saturated heterocycles. The lowest BCUT2D eigenvalue weighted by atomic mass is 10.0. The van der Waals surface area contributed by atoms with Crippen LogP contribution < -0.4 is 4.74 Å². The molecule has 1 amide bonds. The fraction of sp³-hybridized carbons (Fsp3) is 0.550. The Kier molecular flexibility index (Phi) is 6.42. The Morgan fingerprint density at radius 1 is 1.30 bits per heavy atom. The van der Waals surface area contributed by atoms with E-state index in [1.54, 1.807) is 7.11 Å². The summed E-state index contributed by atoms with van der Waals surface area (Å²) < 4.78 is 7.32. The molecule has 0 spiro atoms. The lowest BCUT2D eigenvalue weighted by Crippen LogP contribution is -2.40. The van der Waals surface area contributed by atoms with Gasteiger partial charge in [0, 0.05) is 24.7 Å². The molecule has 0 aliphatic carbocycles. The third-order valence-corrected chi connectivity index (χ3v) is 5.79. The van der Waals surface area contributed by atoms with Crippen molar-refractivity contribution in [1.29, 1.82) is 0 Å². The fourth-order valence-corrected chi connectivity index (χ4v) is 4.38. The first kappa shape index (κ1) is 19.7. The van der Waals surface area contributed by atoms with Gasteiger partial charge in [-0.15, -0.1) is 10.2 Å². The number of thioether (sulfide) groups is 1. The van der Waals surface area contributed by atoms with Crippen LogP contribution in [0.15, 0.2) is 29.4 Å². The van der Waals surface area contributed by atoms with Gasteiger partial charge in [-0.1, -0.05) is 18.7 Å². The molecule has 1 fully saturated rings. The molecule has 0 saturated carbocycles. The van der Waals surface area contributed by atoms with Gasteiger partial charge in [0.2, 0.25) is 5.91 Å². The third kappa shape index (κ3) is 4.64. The van der Waals surface area contributed by atoms with E-state index < -0.39 is 0 Å². The molecule has 2 aromatic rings. The molecule has 0 unspecified atom stereocenters. The number of carbonyl (C=O) groups is 1. The van der Waals surface area contributed by atoms with Gasteiger partial charge >= 0.3 is 0 Å². The second kappa shape index (κ2) is 8.78. The number of hydrogen-bond donors (Lipinski definition) is 0. The fourth-order valence-electron chi connectivity index (χ4n) is 3.41. The van der Waals surface area contributed by atoms with Gasteiger partial charge in [0.25, 0.3) is 0 Å². The summed E-state index contributed by atoms with van der Waals surface area (Å²) in [5.41, 5.74) is 0.986. The van der Waals surface area contributed by atoms with Crippen LogP contribution in [0.3, 0.4) is 0 Å². The molecular weight excluding hydrogens is 360 g/mol. The number of piperidine rings is 1. The largest absolute Gasteiger partial charge is 0.497 e. The van der Waals surface area contributed by atoms with Crippen molar-refractivity contribution in [3.8, 4) is 17.1 Å². The molecule has 1 aliphatic heterocycles. The maximum absolute atomic E-state index is 12.6. The highest BCUT2D eigenvalue weighted by atomic mass is 32.2. The highest BCUT2D eigenvalue weighted by Crippen LogP contribution is 2.29. The van der Waals surface area contributed by atoms with Gasteiger partial charge < -0.3 is 9.64 Å². The van der Waals surface area contributed by atoms with Crippen molar-refractivity contribution in [1.82, 2.24) is 19.7 Å². The summed E-state index contributed by atoms with van der Waals surface area (Å²) in [5.74, 6) is 2.81. The van der Waals surface area contributed by atoms with Crippen LogP contribution in [-0.2, 0) is 4.79 Å².